The summed E-state index contributed by atoms with van der Waals surface area (Å²) in [5, 5.41) is 15.4. The van der Waals surface area contributed by atoms with Gasteiger partial charge in [-0.1, -0.05) is 30.0 Å². The summed E-state index contributed by atoms with van der Waals surface area (Å²) in [6.07, 6.45) is 2.74. The summed E-state index contributed by atoms with van der Waals surface area (Å²) in [7, 11) is 0. The van der Waals surface area contributed by atoms with Crippen molar-refractivity contribution in [2.75, 3.05) is 11.9 Å². The van der Waals surface area contributed by atoms with Gasteiger partial charge in [-0.25, -0.2) is 4.98 Å². The quantitative estimate of drug-likeness (QED) is 0.645. The van der Waals surface area contributed by atoms with Crippen LogP contribution in [0.2, 0.25) is 0 Å². The van der Waals surface area contributed by atoms with Gasteiger partial charge < -0.3 is 9.73 Å². The predicted molar refractivity (Wildman–Crippen MR) is 88.1 cm³/mol. The lowest BCUT2D eigenvalue weighted by Crippen LogP contribution is -1.98. The smallest absolute Gasteiger partial charge is 0.206 e. The monoisotopic (exact) mass is 338 g/mol. The van der Waals surface area contributed by atoms with E-state index in [-0.39, 0.29) is 0 Å². The van der Waals surface area contributed by atoms with Crippen molar-refractivity contribution in [1.29, 1.82) is 0 Å². The summed E-state index contributed by atoms with van der Waals surface area (Å²) in [6, 6.07) is 3.80. The highest BCUT2D eigenvalue weighted by atomic mass is 32.2. The van der Waals surface area contributed by atoms with Crippen molar-refractivity contribution in [2.24, 2.45) is 0 Å². The van der Waals surface area contributed by atoms with Crippen LogP contribution in [0, 0.1) is 0 Å². The molecule has 5 nitrogen and oxygen atoms in total. The first kappa shape index (κ1) is 14.6. The van der Waals surface area contributed by atoms with Crippen LogP contribution in [0.15, 0.2) is 32.5 Å². The van der Waals surface area contributed by atoms with Crippen molar-refractivity contribution in [1.82, 2.24) is 15.2 Å². The molecule has 0 aliphatic rings. The van der Waals surface area contributed by atoms with E-state index in [1.54, 1.807) is 40.7 Å². The van der Waals surface area contributed by atoms with E-state index in [9.17, 15) is 0 Å². The molecule has 0 atom stereocenters. The van der Waals surface area contributed by atoms with E-state index in [1.165, 1.54) is 0 Å². The van der Waals surface area contributed by atoms with E-state index < -0.39 is 0 Å². The molecule has 0 saturated carbocycles. The van der Waals surface area contributed by atoms with Crippen LogP contribution in [0.3, 0.4) is 0 Å². The Balaban J connectivity index is 1.56. The van der Waals surface area contributed by atoms with Crippen molar-refractivity contribution >= 4 is 39.6 Å². The standard InChI is InChI=1S/C13H14N4OS3/c1-2-5-14-12-16-17-13(21-12)20-8-9-7-19-11(15-9)10-4-3-6-18-10/h3-4,6-7H,2,5,8H2,1H3,(H,14,16). The highest BCUT2D eigenvalue weighted by molar-refractivity contribution is 8.00. The first-order valence-corrected chi connectivity index (χ1v) is 9.22. The SMILES string of the molecule is CCCNc1nnc(SCc2csc(-c3ccco3)n2)s1. The van der Waals surface area contributed by atoms with Gasteiger partial charge in [0.1, 0.15) is 0 Å². The van der Waals surface area contributed by atoms with Gasteiger partial charge >= 0.3 is 0 Å². The zero-order chi connectivity index (χ0) is 14.5. The number of nitrogens with one attached hydrogen (secondary N) is 1. The third-order valence-electron chi connectivity index (χ3n) is 2.56. The van der Waals surface area contributed by atoms with Crippen molar-refractivity contribution in [3.63, 3.8) is 0 Å². The molecule has 0 saturated heterocycles. The Bertz CT molecular complexity index is 677. The fraction of sp³-hybridized carbons (Fsp3) is 0.308. The maximum absolute atomic E-state index is 5.35. The first-order chi connectivity index (χ1) is 10.3. The third-order valence-corrected chi connectivity index (χ3v) is 5.51. The summed E-state index contributed by atoms with van der Waals surface area (Å²) < 4.78 is 6.31. The second-order valence-electron chi connectivity index (χ2n) is 4.21. The molecule has 0 aliphatic carbocycles. The fourth-order valence-electron chi connectivity index (χ4n) is 1.59. The van der Waals surface area contributed by atoms with Gasteiger partial charge in [-0.05, 0) is 18.6 Å². The van der Waals surface area contributed by atoms with Crippen LogP contribution in [0.5, 0.6) is 0 Å². The average Bonchev–Trinajstić information content (AvgIpc) is 3.22. The molecule has 21 heavy (non-hydrogen) atoms. The number of hydrogen-bond donors (Lipinski definition) is 1. The van der Waals surface area contributed by atoms with Gasteiger partial charge in [-0.3, -0.25) is 0 Å². The van der Waals surface area contributed by atoms with E-state index in [0.717, 1.165) is 44.7 Å². The van der Waals surface area contributed by atoms with Gasteiger partial charge in [-0.15, -0.1) is 21.5 Å². The molecule has 110 valence electrons. The summed E-state index contributed by atoms with van der Waals surface area (Å²) in [5.41, 5.74) is 1.04. The second-order valence-corrected chi connectivity index (χ2v) is 7.27. The molecule has 0 spiro atoms. The van der Waals surface area contributed by atoms with Gasteiger partial charge in [0.15, 0.2) is 15.1 Å². The van der Waals surface area contributed by atoms with E-state index >= 15 is 0 Å². The van der Waals surface area contributed by atoms with E-state index in [0.29, 0.717) is 0 Å². The highest BCUT2D eigenvalue weighted by Gasteiger charge is 2.09. The average molecular weight is 338 g/mol. The van der Waals surface area contributed by atoms with E-state index in [2.05, 4.69) is 32.8 Å². The Morgan fingerprint density at radius 1 is 1.38 bits per heavy atom. The normalized spacial score (nSPS) is 10.9. The second kappa shape index (κ2) is 7.06. The maximum Gasteiger partial charge on any atom is 0.206 e. The van der Waals surface area contributed by atoms with Crippen LogP contribution >= 0.6 is 34.4 Å². The number of hydrogen-bond acceptors (Lipinski definition) is 8. The number of nitrogens with zero attached hydrogens (tertiary/aromatic N) is 3. The molecule has 0 amide bonds. The Hall–Kier alpha value is -1.38. The number of rotatable bonds is 7. The van der Waals surface area contributed by atoms with Crippen molar-refractivity contribution in [3.8, 4) is 10.8 Å². The third kappa shape index (κ3) is 3.84. The molecule has 0 radical (unpaired) electrons. The molecule has 1 N–H and O–H groups in total. The van der Waals surface area contributed by atoms with Crippen LogP contribution < -0.4 is 5.32 Å². The summed E-state index contributed by atoms with van der Waals surface area (Å²) in [6.45, 7) is 3.06. The predicted octanol–water partition coefficient (Wildman–Crippen LogP) is 4.37. The fourth-order valence-corrected chi connectivity index (χ4v) is 4.16. The largest absolute Gasteiger partial charge is 0.462 e. The minimum absolute atomic E-state index is 0.791. The molecule has 0 fully saturated rings. The van der Waals surface area contributed by atoms with Gasteiger partial charge in [-0.2, -0.15) is 0 Å². The molecule has 3 aromatic heterocycles. The zero-order valence-corrected chi connectivity index (χ0v) is 13.9. The van der Waals surface area contributed by atoms with Crippen molar-refractivity contribution in [3.05, 3.63) is 29.5 Å². The van der Waals surface area contributed by atoms with Crippen molar-refractivity contribution in [2.45, 2.75) is 23.4 Å². The Labute approximate surface area is 134 Å². The maximum atomic E-state index is 5.35. The van der Waals surface area contributed by atoms with Crippen LogP contribution in [0.4, 0.5) is 5.13 Å². The van der Waals surface area contributed by atoms with Gasteiger partial charge in [0.2, 0.25) is 5.13 Å². The van der Waals surface area contributed by atoms with Crippen LogP contribution in [0.1, 0.15) is 19.0 Å². The summed E-state index contributed by atoms with van der Waals surface area (Å²) in [4.78, 5) is 4.57. The minimum Gasteiger partial charge on any atom is -0.462 e. The summed E-state index contributed by atoms with van der Waals surface area (Å²) >= 11 is 4.84. The molecule has 0 aliphatic heterocycles. The first-order valence-electron chi connectivity index (χ1n) is 6.53. The minimum atomic E-state index is 0.791. The van der Waals surface area contributed by atoms with Gasteiger partial charge in [0.25, 0.3) is 0 Å². The summed E-state index contributed by atoms with van der Waals surface area (Å²) in [5.74, 6) is 1.61. The van der Waals surface area contributed by atoms with Crippen LogP contribution in [0.25, 0.3) is 10.8 Å². The Morgan fingerprint density at radius 2 is 2.33 bits per heavy atom. The van der Waals surface area contributed by atoms with Gasteiger partial charge in [0.05, 0.1) is 12.0 Å². The number of furan rings is 1. The molecule has 3 heterocycles. The topological polar surface area (TPSA) is 63.8 Å². The molecule has 0 aromatic carbocycles. The highest BCUT2D eigenvalue weighted by Crippen LogP contribution is 2.30. The lowest BCUT2D eigenvalue weighted by Gasteiger charge is -1.95. The molecule has 0 unspecified atom stereocenters. The van der Waals surface area contributed by atoms with Crippen molar-refractivity contribution < 1.29 is 4.42 Å². The Kier molecular flexibility index (Phi) is 4.89. The Morgan fingerprint density at radius 3 is 3.14 bits per heavy atom. The number of aromatic nitrogens is 3. The van der Waals surface area contributed by atoms with Crippen LogP contribution in [-0.2, 0) is 5.75 Å². The van der Waals surface area contributed by atoms with Gasteiger partial charge in [0, 0.05) is 17.7 Å². The van der Waals surface area contributed by atoms with Crippen LogP contribution in [-0.4, -0.2) is 21.7 Å². The zero-order valence-electron chi connectivity index (χ0n) is 11.4. The lowest BCUT2D eigenvalue weighted by molar-refractivity contribution is 0.581. The molecule has 8 heteroatoms. The number of thiazole rings is 1. The van der Waals surface area contributed by atoms with E-state index in [4.69, 9.17) is 4.42 Å². The molecule has 0 bridgehead atoms. The molecular formula is C13H14N4OS3. The lowest BCUT2D eigenvalue weighted by atomic mass is 10.5. The van der Waals surface area contributed by atoms with E-state index in [1.807, 2.05) is 12.1 Å². The molecule has 3 aromatic rings. The molecular weight excluding hydrogens is 324 g/mol. The molecule has 3 rings (SSSR count). The number of thioether (sulfide) groups is 1. The number of anilines is 1.